The van der Waals surface area contributed by atoms with Gasteiger partial charge in [-0.15, -0.1) is 11.3 Å². The lowest BCUT2D eigenvalue weighted by Gasteiger charge is -2.20. The molecule has 0 saturated heterocycles. The van der Waals surface area contributed by atoms with Crippen LogP contribution in [0.15, 0.2) is 79.4 Å². The second kappa shape index (κ2) is 7.72. The van der Waals surface area contributed by atoms with E-state index in [1.54, 1.807) is 17.7 Å². The van der Waals surface area contributed by atoms with Gasteiger partial charge < -0.3 is 9.88 Å². The summed E-state index contributed by atoms with van der Waals surface area (Å²) in [4.78, 5) is 16.0. The van der Waals surface area contributed by atoms with Crippen LogP contribution in [0.1, 0.15) is 23.0 Å². The SMILES string of the molecule is Cc1c(-c2ccccc2)sc2ncnc(N[C@@H](c3ccccc3)c3nccn3C)c12. The monoisotopic (exact) mass is 411 g/mol. The molecule has 0 bridgehead atoms. The number of fused-ring (bicyclic) bond motifs is 1. The molecule has 0 aliphatic rings. The third kappa shape index (κ3) is 3.25. The van der Waals surface area contributed by atoms with Gasteiger partial charge in [-0.05, 0) is 23.6 Å². The number of nitrogens with zero attached hydrogens (tertiary/aromatic N) is 4. The number of hydrogen-bond donors (Lipinski definition) is 1. The zero-order valence-corrected chi connectivity index (χ0v) is 17.6. The van der Waals surface area contributed by atoms with Crippen molar-refractivity contribution >= 4 is 27.4 Å². The maximum absolute atomic E-state index is 4.63. The Bertz CT molecular complexity index is 1290. The molecular formula is C24H21N5S. The Morgan fingerprint density at radius 3 is 2.37 bits per heavy atom. The molecule has 5 rings (SSSR count). The molecule has 5 aromatic rings. The summed E-state index contributed by atoms with van der Waals surface area (Å²) in [6.07, 6.45) is 5.42. The fraction of sp³-hybridized carbons (Fsp3) is 0.125. The van der Waals surface area contributed by atoms with Crippen molar-refractivity contribution in [2.45, 2.75) is 13.0 Å². The van der Waals surface area contributed by atoms with Crippen LogP contribution in [0.5, 0.6) is 0 Å². The van der Waals surface area contributed by atoms with Crippen LogP contribution in [-0.2, 0) is 7.05 Å². The topological polar surface area (TPSA) is 55.6 Å². The second-order valence-corrected chi connectivity index (χ2v) is 8.21. The highest BCUT2D eigenvalue weighted by molar-refractivity contribution is 7.22. The normalized spacial score (nSPS) is 12.2. The molecule has 6 heteroatoms. The second-order valence-electron chi connectivity index (χ2n) is 7.21. The summed E-state index contributed by atoms with van der Waals surface area (Å²) in [6.45, 7) is 2.15. The van der Waals surface area contributed by atoms with Crippen molar-refractivity contribution in [1.29, 1.82) is 0 Å². The predicted molar refractivity (Wildman–Crippen MR) is 123 cm³/mol. The van der Waals surface area contributed by atoms with Crippen LogP contribution in [0.3, 0.4) is 0 Å². The molecule has 3 heterocycles. The lowest BCUT2D eigenvalue weighted by Crippen LogP contribution is -2.17. The summed E-state index contributed by atoms with van der Waals surface area (Å²) >= 11 is 1.70. The third-order valence-corrected chi connectivity index (χ3v) is 6.54. The van der Waals surface area contributed by atoms with Gasteiger partial charge >= 0.3 is 0 Å². The Kier molecular flexibility index (Phi) is 4.77. The molecule has 3 aromatic heterocycles. The first-order valence-corrected chi connectivity index (χ1v) is 10.6. The molecule has 0 aliphatic heterocycles. The van der Waals surface area contributed by atoms with Crippen LogP contribution in [0.4, 0.5) is 5.82 Å². The van der Waals surface area contributed by atoms with E-state index in [1.807, 2.05) is 48.3 Å². The molecule has 0 spiro atoms. The van der Waals surface area contributed by atoms with Gasteiger partial charge in [0.15, 0.2) is 0 Å². The van der Waals surface area contributed by atoms with Crippen LogP contribution < -0.4 is 5.32 Å². The molecule has 30 heavy (non-hydrogen) atoms. The van der Waals surface area contributed by atoms with Gasteiger partial charge in [0.05, 0.1) is 5.39 Å². The van der Waals surface area contributed by atoms with Crippen LogP contribution in [0.2, 0.25) is 0 Å². The van der Waals surface area contributed by atoms with Crippen molar-refractivity contribution in [3.05, 3.63) is 96.3 Å². The zero-order chi connectivity index (χ0) is 20.5. The Balaban J connectivity index is 1.63. The highest BCUT2D eigenvalue weighted by atomic mass is 32.1. The summed E-state index contributed by atoms with van der Waals surface area (Å²) in [7, 11) is 2.01. The molecule has 2 aromatic carbocycles. The summed E-state index contributed by atoms with van der Waals surface area (Å²) in [5.74, 6) is 1.76. The van der Waals surface area contributed by atoms with Gasteiger partial charge in [0, 0.05) is 24.3 Å². The van der Waals surface area contributed by atoms with E-state index in [0.29, 0.717) is 0 Å². The molecule has 148 valence electrons. The van der Waals surface area contributed by atoms with Crippen LogP contribution in [-0.4, -0.2) is 19.5 Å². The highest BCUT2D eigenvalue weighted by Crippen LogP contribution is 2.40. The highest BCUT2D eigenvalue weighted by Gasteiger charge is 2.22. The maximum atomic E-state index is 4.63. The molecule has 0 saturated carbocycles. The van der Waals surface area contributed by atoms with Crippen molar-refractivity contribution < 1.29 is 0 Å². The number of aryl methyl sites for hydroxylation is 2. The largest absolute Gasteiger partial charge is 0.356 e. The molecular weight excluding hydrogens is 390 g/mol. The van der Waals surface area contributed by atoms with Gasteiger partial charge in [0.2, 0.25) is 0 Å². The first kappa shape index (κ1) is 18.5. The quantitative estimate of drug-likeness (QED) is 0.409. The minimum atomic E-state index is -0.122. The van der Waals surface area contributed by atoms with E-state index in [9.17, 15) is 0 Å². The van der Waals surface area contributed by atoms with Crippen LogP contribution >= 0.6 is 11.3 Å². The lowest BCUT2D eigenvalue weighted by molar-refractivity contribution is 0.746. The van der Waals surface area contributed by atoms with Crippen LogP contribution in [0, 0.1) is 6.92 Å². The maximum Gasteiger partial charge on any atom is 0.139 e. The number of hydrogen-bond acceptors (Lipinski definition) is 5. The van der Waals surface area contributed by atoms with E-state index in [2.05, 4.69) is 63.6 Å². The van der Waals surface area contributed by atoms with Gasteiger partial charge in [-0.25, -0.2) is 15.0 Å². The average molecular weight is 412 g/mol. The van der Waals surface area contributed by atoms with Gasteiger partial charge in [-0.1, -0.05) is 60.7 Å². The van der Waals surface area contributed by atoms with E-state index < -0.39 is 0 Å². The fourth-order valence-corrected chi connectivity index (χ4v) is 4.93. The summed E-state index contributed by atoms with van der Waals surface area (Å²) < 4.78 is 2.04. The number of nitrogens with one attached hydrogen (secondary N) is 1. The van der Waals surface area contributed by atoms with E-state index in [0.717, 1.165) is 27.4 Å². The van der Waals surface area contributed by atoms with Crippen LogP contribution in [0.25, 0.3) is 20.7 Å². The average Bonchev–Trinajstić information content (AvgIpc) is 3.37. The number of anilines is 1. The summed E-state index contributed by atoms with van der Waals surface area (Å²) in [5.41, 5.74) is 3.53. The van der Waals surface area contributed by atoms with E-state index >= 15 is 0 Å². The Morgan fingerprint density at radius 1 is 0.933 bits per heavy atom. The molecule has 0 radical (unpaired) electrons. The molecule has 0 fully saturated rings. The predicted octanol–water partition coefficient (Wildman–Crippen LogP) is 5.60. The van der Waals surface area contributed by atoms with Crippen molar-refractivity contribution in [1.82, 2.24) is 19.5 Å². The van der Waals surface area contributed by atoms with Gasteiger partial charge in [-0.3, -0.25) is 0 Å². The van der Waals surface area contributed by atoms with E-state index in [-0.39, 0.29) is 6.04 Å². The zero-order valence-electron chi connectivity index (χ0n) is 16.8. The van der Waals surface area contributed by atoms with Crippen molar-refractivity contribution in [2.24, 2.45) is 7.05 Å². The number of aromatic nitrogens is 4. The number of imidazole rings is 1. The van der Waals surface area contributed by atoms with Gasteiger partial charge in [-0.2, -0.15) is 0 Å². The van der Waals surface area contributed by atoms with E-state index in [1.165, 1.54) is 16.0 Å². The molecule has 1 atom stereocenters. The Morgan fingerprint density at radius 2 is 1.67 bits per heavy atom. The minimum Gasteiger partial charge on any atom is -0.356 e. The van der Waals surface area contributed by atoms with Gasteiger partial charge in [0.1, 0.15) is 28.8 Å². The molecule has 0 unspecified atom stereocenters. The van der Waals surface area contributed by atoms with E-state index in [4.69, 9.17) is 0 Å². The standard InChI is InChI=1S/C24H21N5S/c1-16-19-22(26-15-27-24(19)30-21(16)18-11-7-4-8-12-18)28-20(17-9-5-3-6-10-17)23-25-13-14-29(23)2/h3-15,20H,1-2H3,(H,26,27,28)/t20-/m0/s1. The first-order chi connectivity index (χ1) is 14.7. The van der Waals surface area contributed by atoms with Crippen molar-refractivity contribution in [2.75, 3.05) is 5.32 Å². The van der Waals surface area contributed by atoms with Crippen molar-refractivity contribution in [3.8, 4) is 10.4 Å². The third-order valence-electron chi connectivity index (χ3n) is 5.29. The molecule has 0 amide bonds. The Labute approximate surface area is 179 Å². The Hall–Kier alpha value is -3.51. The number of thiophene rings is 1. The number of rotatable bonds is 5. The molecule has 5 nitrogen and oxygen atoms in total. The number of benzene rings is 2. The summed E-state index contributed by atoms with van der Waals surface area (Å²) in [6, 6.07) is 20.7. The summed E-state index contributed by atoms with van der Waals surface area (Å²) in [5, 5.41) is 4.73. The molecule has 0 aliphatic carbocycles. The van der Waals surface area contributed by atoms with Gasteiger partial charge in [0.25, 0.3) is 0 Å². The smallest absolute Gasteiger partial charge is 0.139 e. The minimum absolute atomic E-state index is 0.122. The lowest BCUT2D eigenvalue weighted by atomic mass is 10.1. The fourth-order valence-electron chi connectivity index (χ4n) is 3.78. The first-order valence-electron chi connectivity index (χ1n) is 9.80. The molecule has 1 N–H and O–H groups in total. The van der Waals surface area contributed by atoms with Crippen molar-refractivity contribution in [3.63, 3.8) is 0 Å².